The van der Waals surface area contributed by atoms with Gasteiger partial charge < -0.3 is 10.2 Å². The van der Waals surface area contributed by atoms with Crippen molar-refractivity contribution in [2.24, 2.45) is 14.1 Å². The number of carbonyl (C=O) groups is 2. The highest BCUT2D eigenvalue weighted by Gasteiger charge is 2.28. The molecular weight excluding hydrogens is 370 g/mol. The fourth-order valence-electron chi connectivity index (χ4n) is 3.67. The molecule has 0 aliphatic carbocycles. The van der Waals surface area contributed by atoms with Gasteiger partial charge in [0.15, 0.2) is 0 Å². The normalized spacial score (nSPS) is 13.2. The summed E-state index contributed by atoms with van der Waals surface area (Å²) < 4.78 is 3.48. The van der Waals surface area contributed by atoms with Crippen molar-refractivity contribution in [2.45, 2.75) is 19.4 Å². The summed E-state index contributed by atoms with van der Waals surface area (Å²) >= 11 is 0. The summed E-state index contributed by atoms with van der Waals surface area (Å²) in [5.41, 5.74) is 4.09. The molecule has 4 heterocycles. The predicted molar refractivity (Wildman–Crippen MR) is 105 cm³/mol. The number of fused-ring (bicyclic) bond motifs is 1. The molecule has 0 fully saturated rings. The molecule has 1 aliphatic rings. The number of nitrogens with zero attached hydrogens (tertiary/aromatic N) is 6. The van der Waals surface area contributed by atoms with E-state index in [0.29, 0.717) is 37.4 Å². The number of nitrogens with one attached hydrogen (secondary N) is 1. The Kier molecular flexibility index (Phi) is 5.11. The van der Waals surface area contributed by atoms with Crippen molar-refractivity contribution in [2.75, 3.05) is 13.1 Å². The van der Waals surface area contributed by atoms with Gasteiger partial charge in [0.05, 0.1) is 5.69 Å². The Morgan fingerprint density at radius 2 is 2.00 bits per heavy atom. The first-order valence-electron chi connectivity index (χ1n) is 9.54. The minimum atomic E-state index is -0.205. The summed E-state index contributed by atoms with van der Waals surface area (Å²) in [5.74, 6) is -0.239. The molecule has 0 unspecified atom stereocenters. The first-order chi connectivity index (χ1) is 14.0. The Hall–Kier alpha value is -3.49. The molecule has 9 heteroatoms. The molecule has 150 valence electrons. The maximum Gasteiger partial charge on any atom is 0.272 e. The quantitative estimate of drug-likeness (QED) is 0.689. The minimum Gasteiger partial charge on any atom is -0.350 e. The van der Waals surface area contributed by atoms with Gasteiger partial charge in [0.1, 0.15) is 11.4 Å². The predicted octanol–water partition coefficient (Wildman–Crippen LogP) is 0.720. The molecule has 4 rings (SSSR count). The number of carbonyl (C=O) groups excluding carboxylic acids is 2. The second-order valence-corrected chi connectivity index (χ2v) is 7.03. The molecule has 0 aromatic carbocycles. The largest absolute Gasteiger partial charge is 0.350 e. The van der Waals surface area contributed by atoms with Crippen LogP contribution in [0.15, 0.2) is 36.7 Å². The zero-order chi connectivity index (χ0) is 20.4. The van der Waals surface area contributed by atoms with Crippen LogP contribution in [0.5, 0.6) is 0 Å². The molecule has 3 aromatic heterocycles. The van der Waals surface area contributed by atoms with E-state index in [0.717, 1.165) is 23.4 Å². The van der Waals surface area contributed by atoms with E-state index in [2.05, 4.69) is 20.5 Å². The smallest absolute Gasteiger partial charge is 0.272 e. The van der Waals surface area contributed by atoms with Crippen molar-refractivity contribution in [1.82, 2.24) is 34.8 Å². The van der Waals surface area contributed by atoms with Crippen molar-refractivity contribution in [3.63, 3.8) is 0 Å². The zero-order valence-electron chi connectivity index (χ0n) is 16.5. The van der Waals surface area contributed by atoms with Crippen LogP contribution in [0.2, 0.25) is 0 Å². The SMILES string of the molecule is Cn1nccc1C(=O)N1CCc2c(c(CCNC(=O)c3ccccn3)nn2C)C1. The van der Waals surface area contributed by atoms with E-state index in [1.165, 1.54) is 0 Å². The molecular formula is C20H23N7O2. The molecule has 0 atom stereocenters. The maximum absolute atomic E-state index is 12.8. The van der Waals surface area contributed by atoms with Crippen molar-refractivity contribution < 1.29 is 9.59 Å². The van der Waals surface area contributed by atoms with E-state index in [9.17, 15) is 9.59 Å². The average molecular weight is 393 g/mol. The van der Waals surface area contributed by atoms with Crippen LogP contribution in [0.4, 0.5) is 0 Å². The van der Waals surface area contributed by atoms with Crippen LogP contribution in [0, 0.1) is 0 Å². The third kappa shape index (κ3) is 3.75. The summed E-state index contributed by atoms with van der Waals surface area (Å²) in [5, 5.41) is 11.6. The molecule has 0 radical (unpaired) electrons. The van der Waals surface area contributed by atoms with Gasteiger partial charge >= 0.3 is 0 Å². The van der Waals surface area contributed by atoms with Gasteiger partial charge in [-0.05, 0) is 18.2 Å². The summed E-state index contributed by atoms with van der Waals surface area (Å²) in [4.78, 5) is 30.9. The number of hydrogen-bond acceptors (Lipinski definition) is 5. The van der Waals surface area contributed by atoms with E-state index in [-0.39, 0.29) is 11.8 Å². The maximum atomic E-state index is 12.8. The molecule has 9 nitrogen and oxygen atoms in total. The van der Waals surface area contributed by atoms with Crippen molar-refractivity contribution in [3.8, 4) is 0 Å². The van der Waals surface area contributed by atoms with E-state index in [4.69, 9.17) is 0 Å². The number of aryl methyl sites for hydroxylation is 2. The topological polar surface area (TPSA) is 97.9 Å². The lowest BCUT2D eigenvalue weighted by atomic mass is 10.0. The third-order valence-electron chi connectivity index (χ3n) is 5.20. The van der Waals surface area contributed by atoms with Crippen LogP contribution in [0.1, 0.15) is 37.9 Å². The van der Waals surface area contributed by atoms with E-state index in [1.807, 2.05) is 16.6 Å². The van der Waals surface area contributed by atoms with Crippen LogP contribution >= 0.6 is 0 Å². The molecule has 0 spiro atoms. The van der Waals surface area contributed by atoms with Gasteiger partial charge in [-0.25, -0.2) is 0 Å². The van der Waals surface area contributed by atoms with Gasteiger partial charge in [-0.2, -0.15) is 10.2 Å². The minimum absolute atomic E-state index is 0.0334. The van der Waals surface area contributed by atoms with Crippen molar-refractivity contribution >= 4 is 11.8 Å². The molecule has 0 saturated heterocycles. The van der Waals surface area contributed by atoms with Gasteiger partial charge in [0, 0.05) is 70.2 Å². The average Bonchev–Trinajstić information content (AvgIpc) is 3.31. The molecule has 1 aliphatic heterocycles. The lowest BCUT2D eigenvalue weighted by molar-refractivity contribution is 0.0721. The Morgan fingerprint density at radius 3 is 2.72 bits per heavy atom. The third-order valence-corrected chi connectivity index (χ3v) is 5.20. The van der Waals surface area contributed by atoms with E-state index in [1.54, 1.807) is 48.4 Å². The molecule has 1 N–H and O–H groups in total. The Balaban J connectivity index is 1.44. The van der Waals surface area contributed by atoms with Gasteiger partial charge in [0.2, 0.25) is 0 Å². The number of rotatable bonds is 5. The molecule has 2 amide bonds. The first kappa shape index (κ1) is 18.9. The van der Waals surface area contributed by atoms with Crippen LogP contribution in [-0.4, -0.2) is 54.3 Å². The Bertz CT molecular complexity index is 1040. The van der Waals surface area contributed by atoms with Gasteiger partial charge in [-0.15, -0.1) is 0 Å². The second-order valence-electron chi connectivity index (χ2n) is 7.03. The molecule has 0 bridgehead atoms. The number of pyridine rings is 1. The highest BCUT2D eigenvalue weighted by molar-refractivity contribution is 5.93. The number of aromatic nitrogens is 5. The Morgan fingerprint density at radius 1 is 1.14 bits per heavy atom. The highest BCUT2D eigenvalue weighted by atomic mass is 16.2. The van der Waals surface area contributed by atoms with Crippen LogP contribution in [-0.2, 0) is 33.5 Å². The second kappa shape index (κ2) is 7.86. The lowest BCUT2D eigenvalue weighted by Crippen LogP contribution is -2.37. The van der Waals surface area contributed by atoms with Gasteiger partial charge in [-0.1, -0.05) is 6.07 Å². The standard InChI is InChI=1S/C20H23N7O2/c1-25-18(7-11-23-25)20(29)27-12-8-17-14(13-27)15(24-26(17)2)6-10-22-19(28)16-5-3-4-9-21-16/h3-5,7,9,11H,6,8,10,12-13H2,1-2H3,(H,22,28). The van der Waals surface area contributed by atoms with E-state index >= 15 is 0 Å². The summed E-state index contributed by atoms with van der Waals surface area (Å²) in [6.45, 7) is 1.61. The first-order valence-corrected chi connectivity index (χ1v) is 9.54. The zero-order valence-corrected chi connectivity index (χ0v) is 16.5. The van der Waals surface area contributed by atoms with Gasteiger partial charge in [0.25, 0.3) is 11.8 Å². The molecule has 3 aromatic rings. The van der Waals surface area contributed by atoms with Crippen LogP contribution in [0.25, 0.3) is 0 Å². The summed E-state index contributed by atoms with van der Waals surface area (Å²) in [6, 6.07) is 6.97. The Labute approximate surface area is 168 Å². The van der Waals surface area contributed by atoms with E-state index < -0.39 is 0 Å². The summed E-state index contributed by atoms with van der Waals surface area (Å²) in [6.07, 6.45) is 4.57. The molecule has 0 saturated carbocycles. The highest BCUT2D eigenvalue weighted by Crippen LogP contribution is 2.23. The fraction of sp³-hybridized carbons (Fsp3) is 0.350. The van der Waals surface area contributed by atoms with Crippen molar-refractivity contribution in [3.05, 3.63) is 65.0 Å². The summed E-state index contributed by atoms with van der Waals surface area (Å²) in [7, 11) is 3.69. The van der Waals surface area contributed by atoms with Crippen LogP contribution < -0.4 is 5.32 Å². The number of hydrogen-bond donors (Lipinski definition) is 1. The molecule has 29 heavy (non-hydrogen) atoms. The number of amides is 2. The fourth-order valence-corrected chi connectivity index (χ4v) is 3.67. The van der Waals surface area contributed by atoms with Gasteiger partial charge in [-0.3, -0.25) is 23.9 Å². The monoisotopic (exact) mass is 393 g/mol. The van der Waals surface area contributed by atoms with Crippen molar-refractivity contribution in [1.29, 1.82) is 0 Å². The van der Waals surface area contributed by atoms with Crippen LogP contribution in [0.3, 0.4) is 0 Å². The lowest BCUT2D eigenvalue weighted by Gasteiger charge is -2.27.